The lowest BCUT2D eigenvalue weighted by atomic mass is 9.58. The summed E-state index contributed by atoms with van der Waals surface area (Å²) in [4.78, 5) is 57.5. The number of allylic oxidation sites excluding steroid dienone is 1. The van der Waals surface area contributed by atoms with Gasteiger partial charge in [0, 0.05) is 56.3 Å². The number of likely N-dealkylation sites (N-methyl/N-ethyl adjacent to an activating group) is 1. The molecule has 7 N–H and O–H groups in total. The molecule has 13 heteroatoms. The third kappa shape index (κ3) is 4.65. The van der Waals surface area contributed by atoms with Gasteiger partial charge in [0.05, 0.1) is 11.6 Å². The minimum absolute atomic E-state index is 0.00258. The Morgan fingerprint density at radius 2 is 1.75 bits per heavy atom. The number of ketones is 2. The van der Waals surface area contributed by atoms with E-state index in [0.29, 0.717) is 49.3 Å². The first kappa shape index (κ1) is 31.5. The zero-order chi connectivity index (χ0) is 32.4. The lowest BCUT2D eigenvalue weighted by Gasteiger charge is -2.50. The van der Waals surface area contributed by atoms with E-state index in [1.54, 1.807) is 21.1 Å². The second kappa shape index (κ2) is 11.2. The number of aromatic hydroxyl groups is 1. The van der Waals surface area contributed by atoms with Crippen molar-refractivity contribution in [3.8, 4) is 5.75 Å². The minimum atomic E-state index is -2.68. The third-order valence-electron chi connectivity index (χ3n) is 9.86. The van der Waals surface area contributed by atoms with Crippen LogP contribution in [-0.4, -0.2) is 114 Å². The number of rotatable bonds is 6. The number of hydrogen-bond acceptors (Lipinski definition) is 11. The van der Waals surface area contributed by atoms with Crippen molar-refractivity contribution < 1.29 is 39.6 Å². The summed E-state index contributed by atoms with van der Waals surface area (Å²) in [6.07, 6.45) is 1.56. The summed E-state index contributed by atoms with van der Waals surface area (Å²) < 4.78 is 0. The maximum Gasteiger partial charge on any atom is 0.255 e. The van der Waals surface area contributed by atoms with Gasteiger partial charge < -0.3 is 36.4 Å². The molecule has 1 heterocycles. The number of primary amides is 1. The van der Waals surface area contributed by atoms with E-state index in [0.717, 1.165) is 0 Å². The summed E-state index contributed by atoms with van der Waals surface area (Å²) in [5.74, 6) is -6.77. The monoisotopic (exact) mass is 611 g/mol. The van der Waals surface area contributed by atoms with Crippen molar-refractivity contribution in [1.29, 1.82) is 0 Å². The number of phenolic OH excluding ortho intramolecular Hbond substituents is 1. The molecule has 0 radical (unpaired) electrons. The van der Waals surface area contributed by atoms with Crippen LogP contribution in [-0.2, 0) is 27.3 Å². The molecule has 1 fully saturated rings. The lowest BCUT2D eigenvalue weighted by Crippen LogP contribution is -2.63. The highest BCUT2D eigenvalue weighted by molar-refractivity contribution is 6.25. The molecule has 0 unspecified atom stereocenters. The molecule has 1 aliphatic heterocycles. The topological polar surface area (TPSA) is 197 Å². The van der Waals surface area contributed by atoms with Gasteiger partial charge >= 0.3 is 0 Å². The van der Waals surface area contributed by atoms with Crippen LogP contribution in [0.2, 0.25) is 0 Å². The van der Waals surface area contributed by atoms with Gasteiger partial charge in [0.1, 0.15) is 22.8 Å². The van der Waals surface area contributed by atoms with Gasteiger partial charge in [0.25, 0.3) is 5.91 Å². The van der Waals surface area contributed by atoms with E-state index in [2.05, 4.69) is 10.2 Å². The normalized spacial score (nSPS) is 27.7. The molecular formula is C31H41N5O8. The molecule has 238 valence electrons. The highest BCUT2D eigenvalue weighted by Crippen LogP contribution is 2.53. The third-order valence-corrected chi connectivity index (χ3v) is 9.86. The molecule has 13 nitrogen and oxygen atoms in total. The fraction of sp³-hybridized carbons (Fsp3) is 0.548. The molecule has 1 aromatic rings. The summed E-state index contributed by atoms with van der Waals surface area (Å²) in [5, 5.41) is 48.6. The Hall–Kier alpha value is -3.94. The first-order valence-electron chi connectivity index (χ1n) is 14.8. The Bertz CT molecular complexity index is 1510. The largest absolute Gasteiger partial charge is 0.510 e. The zero-order valence-electron chi connectivity index (χ0n) is 25.7. The number of anilines is 1. The first-order valence-corrected chi connectivity index (χ1v) is 14.8. The predicted molar refractivity (Wildman–Crippen MR) is 160 cm³/mol. The quantitative estimate of drug-likeness (QED) is 0.239. The summed E-state index contributed by atoms with van der Waals surface area (Å²) in [5.41, 5.74) is 3.49. The van der Waals surface area contributed by atoms with Crippen LogP contribution in [0.25, 0.3) is 0 Å². The van der Waals surface area contributed by atoms with Crippen LogP contribution < -0.4 is 16.0 Å². The molecule has 3 aliphatic carbocycles. The maximum absolute atomic E-state index is 14.2. The van der Waals surface area contributed by atoms with Gasteiger partial charge in [-0.05, 0) is 70.4 Å². The van der Waals surface area contributed by atoms with E-state index in [4.69, 9.17) is 5.73 Å². The van der Waals surface area contributed by atoms with Gasteiger partial charge in [0.2, 0.25) is 11.7 Å². The first-order chi connectivity index (χ1) is 20.6. The Morgan fingerprint density at radius 1 is 1.11 bits per heavy atom. The molecule has 4 atom stereocenters. The van der Waals surface area contributed by atoms with Crippen molar-refractivity contribution in [3.63, 3.8) is 0 Å². The van der Waals surface area contributed by atoms with Crippen molar-refractivity contribution in [3.05, 3.63) is 45.4 Å². The summed E-state index contributed by atoms with van der Waals surface area (Å²) >= 11 is 0. The number of aliphatic hydroxyl groups excluding tert-OH is 2. The van der Waals surface area contributed by atoms with Crippen LogP contribution in [0.3, 0.4) is 0 Å². The van der Waals surface area contributed by atoms with Crippen LogP contribution in [0.5, 0.6) is 5.75 Å². The Kier molecular flexibility index (Phi) is 8.02. The minimum Gasteiger partial charge on any atom is -0.510 e. The van der Waals surface area contributed by atoms with E-state index in [9.17, 15) is 39.6 Å². The Morgan fingerprint density at radius 3 is 2.30 bits per heavy atom. The number of hydrogen-bond donors (Lipinski definition) is 6. The van der Waals surface area contributed by atoms with Crippen molar-refractivity contribution in [2.24, 2.45) is 23.5 Å². The van der Waals surface area contributed by atoms with Crippen molar-refractivity contribution in [1.82, 2.24) is 15.1 Å². The molecule has 4 aliphatic rings. The average Bonchev–Trinajstić information content (AvgIpc) is 2.95. The van der Waals surface area contributed by atoms with Gasteiger partial charge in [-0.25, -0.2) is 0 Å². The number of nitrogens with one attached hydrogen (secondary N) is 1. The average molecular weight is 612 g/mol. The van der Waals surface area contributed by atoms with Crippen molar-refractivity contribution >= 4 is 29.1 Å². The fourth-order valence-corrected chi connectivity index (χ4v) is 7.67. The van der Waals surface area contributed by atoms with Crippen molar-refractivity contribution in [2.75, 3.05) is 53.2 Å². The number of benzene rings is 1. The van der Waals surface area contributed by atoms with Crippen LogP contribution in [0.4, 0.5) is 5.69 Å². The Labute approximate surface area is 255 Å². The summed E-state index contributed by atoms with van der Waals surface area (Å²) in [7, 11) is 8.46. The molecule has 2 amide bonds. The van der Waals surface area contributed by atoms with Gasteiger partial charge in [-0.15, -0.1) is 0 Å². The second-order valence-electron chi connectivity index (χ2n) is 12.8. The number of fused-ring (bicyclic) bond motifs is 3. The molecule has 1 saturated heterocycles. The number of likely N-dealkylation sites (tertiary alicyclic amines) is 1. The molecule has 5 rings (SSSR count). The molecule has 0 aromatic heterocycles. The fourth-order valence-electron chi connectivity index (χ4n) is 7.67. The summed E-state index contributed by atoms with van der Waals surface area (Å²) in [6.45, 7) is 1.57. The smallest absolute Gasteiger partial charge is 0.255 e. The molecule has 0 bridgehead atoms. The van der Waals surface area contributed by atoms with E-state index in [1.807, 2.05) is 25.1 Å². The van der Waals surface area contributed by atoms with Crippen molar-refractivity contribution in [2.45, 2.75) is 43.9 Å². The summed E-state index contributed by atoms with van der Waals surface area (Å²) in [6, 6.07) is 0.803. The number of carbonyl (C=O) groups is 4. The van der Waals surface area contributed by atoms with Crippen LogP contribution in [0, 0.1) is 17.8 Å². The number of amides is 2. The highest BCUT2D eigenvalue weighted by Gasteiger charge is 2.63. The van der Waals surface area contributed by atoms with Crippen LogP contribution >= 0.6 is 0 Å². The van der Waals surface area contributed by atoms with Crippen LogP contribution in [0.1, 0.15) is 40.7 Å². The molecule has 1 aromatic carbocycles. The number of piperidine rings is 1. The highest BCUT2D eigenvalue weighted by atomic mass is 16.3. The molecular weight excluding hydrogens is 570 g/mol. The maximum atomic E-state index is 14.2. The van der Waals surface area contributed by atoms with E-state index in [1.165, 1.54) is 4.90 Å². The number of phenols is 1. The number of aliphatic hydroxyl groups is 3. The van der Waals surface area contributed by atoms with Gasteiger partial charge in [0.15, 0.2) is 11.4 Å². The number of carbonyl (C=O) groups excluding carboxylic acids is 4. The van der Waals surface area contributed by atoms with Gasteiger partial charge in [-0.2, -0.15) is 0 Å². The zero-order valence-corrected chi connectivity index (χ0v) is 25.7. The molecule has 0 saturated carbocycles. The lowest BCUT2D eigenvalue weighted by molar-refractivity contribution is -0.148. The number of nitrogens with two attached hydrogens (primary N) is 1. The van der Waals surface area contributed by atoms with Gasteiger partial charge in [-0.1, -0.05) is 0 Å². The standard InChI is InChI=1S/C31H41N5O8/c1-33-30(43)14-6-8-36(9-7-14)13-16-12-19(34(2)3)17-10-15-11-18-23(35(4)5)26(39)22(29(32)42)28(41)31(18,44)27(40)20(15)25(38)21(17)24(16)37/h12,14-15,18,23,37,39-40,44H,6-11,13H2,1-5H3,(H2,32,42)(H,33,43)/t15-,18-,23-,31-/m0/s1. The predicted octanol–water partition coefficient (Wildman–Crippen LogP) is 0.145. The van der Waals surface area contributed by atoms with Crippen LogP contribution in [0.15, 0.2) is 28.7 Å². The van der Waals surface area contributed by atoms with E-state index in [-0.39, 0.29) is 41.6 Å². The van der Waals surface area contributed by atoms with E-state index < -0.39 is 58.0 Å². The number of nitrogens with zero attached hydrogens (tertiary/aromatic N) is 3. The number of Topliss-reactive ketones (excluding diaryl/α,β-unsaturated/α-hetero) is 2. The van der Waals surface area contributed by atoms with E-state index >= 15 is 0 Å². The van der Waals surface area contributed by atoms with Gasteiger partial charge in [-0.3, -0.25) is 29.0 Å². The molecule has 0 spiro atoms. The Balaban J connectivity index is 1.59. The SMILES string of the molecule is CNC(=O)C1CCN(Cc2cc(N(C)C)c3c(c2O)C(=O)C2=C(O)[C@]4(O)C(=O)C(C(N)=O)=C(O)[C@@H](N(C)C)[C@@H]4C[C@@H]2C3)CC1. The second-order valence-corrected chi connectivity index (χ2v) is 12.8. The molecule has 44 heavy (non-hydrogen) atoms.